The molecular formula is C17H24ClN3O3. The fourth-order valence-electron chi connectivity index (χ4n) is 3.43. The largest absolute Gasteiger partial charge is 0.349 e. The van der Waals surface area contributed by atoms with E-state index < -0.39 is 11.5 Å². The van der Waals surface area contributed by atoms with Crippen molar-refractivity contribution >= 4 is 24.1 Å². The van der Waals surface area contributed by atoms with Crippen molar-refractivity contribution in [1.82, 2.24) is 15.6 Å². The monoisotopic (exact) mass is 353 g/mol. The van der Waals surface area contributed by atoms with E-state index in [2.05, 4.69) is 15.6 Å². The Morgan fingerprint density at radius 2 is 1.88 bits per heavy atom. The fourth-order valence-corrected chi connectivity index (χ4v) is 3.43. The van der Waals surface area contributed by atoms with Crippen molar-refractivity contribution in [2.45, 2.75) is 45.6 Å². The Hall–Kier alpha value is -1.66. The summed E-state index contributed by atoms with van der Waals surface area (Å²) in [7, 11) is 0. The highest BCUT2D eigenvalue weighted by atomic mass is 35.5. The molecule has 24 heavy (non-hydrogen) atoms. The molecule has 1 aliphatic heterocycles. The van der Waals surface area contributed by atoms with Gasteiger partial charge in [-0.1, -0.05) is 13.8 Å². The molecule has 0 aromatic carbocycles. The molecule has 0 radical (unpaired) electrons. The number of nitrogens with one attached hydrogen (secondary N) is 3. The molecule has 1 aromatic rings. The topological polar surface area (TPSA) is 91.1 Å². The van der Waals surface area contributed by atoms with E-state index in [1.807, 2.05) is 13.8 Å². The molecule has 6 nitrogen and oxygen atoms in total. The van der Waals surface area contributed by atoms with Gasteiger partial charge in [0.25, 0.3) is 11.5 Å². The zero-order valence-corrected chi connectivity index (χ0v) is 14.8. The number of H-pyrrole nitrogens is 1. The highest BCUT2D eigenvalue weighted by Gasteiger charge is 2.32. The van der Waals surface area contributed by atoms with Crippen molar-refractivity contribution in [3.05, 3.63) is 33.2 Å². The molecular weight excluding hydrogens is 330 g/mol. The van der Waals surface area contributed by atoms with Crippen molar-refractivity contribution in [2.24, 2.45) is 5.41 Å². The molecule has 3 rings (SSSR count). The van der Waals surface area contributed by atoms with Gasteiger partial charge in [0.15, 0.2) is 5.78 Å². The normalized spacial score (nSPS) is 20.0. The molecule has 2 heterocycles. The molecule has 0 unspecified atom stereocenters. The first-order chi connectivity index (χ1) is 10.9. The van der Waals surface area contributed by atoms with Crippen LogP contribution in [0, 0.1) is 5.41 Å². The molecule has 1 aliphatic carbocycles. The molecule has 0 atom stereocenters. The molecule has 1 fully saturated rings. The second kappa shape index (κ2) is 7.07. The number of pyridine rings is 1. The Labute approximate surface area is 147 Å². The summed E-state index contributed by atoms with van der Waals surface area (Å²) in [4.78, 5) is 39.7. The highest BCUT2D eigenvalue weighted by Crippen LogP contribution is 2.33. The predicted octanol–water partition coefficient (Wildman–Crippen LogP) is 1.43. The van der Waals surface area contributed by atoms with E-state index in [0.29, 0.717) is 24.1 Å². The third-order valence-electron chi connectivity index (χ3n) is 4.64. The standard InChI is InChI=1S/C17H23N3O3.ClH/c1-17(2)8-13-11(14(21)9-17)7-12(16(23)20-13)15(22)19-10-3-5-18-6-4-10;/h7,10,18H,3-6,8-9H2,1-2H3,(H,19,22)(H,20,23);1H. The van der Waals surface area contributed by atoms with Crippen LogP contribution < -0.4 is 16.2 Å². The molecule has 1 amide bonds. The maximum absolute atomic E-state index is 12.4. The lowest BCUT2D eigenvalue weighted by molar-refractivity contribution is 0.0910. The smallest absolute Gasteiger partial charge is 0.261 e. The number of halogens is 1. The van der Waals surface area contributed by atoms with E-state index in [0.717, 1.165) is 25.9 Å². The van der Waals surface area contributed by atoms with Gasteiger partial charge in [-0.2, -0.15) is 0 Å². The number of amides is 1. The van der Waals surface area contributed by atoms with Gasteiger partial charge in [-0.3, -0.25) is 14.4 Å². The van der Waals surface area contributed by atoms with Crippen LogP contribution in [0.5, 0.6) is 0 Å². The lowest BCUT2D eigenvalue weighted by atomic mass is 9.75. The van der Waals surface area contributed by atoms with Gasteiger partial charge in [-0.05, 0) is 43.8 Å². The summed E-state index contributed by atoms with van der Waals surface area (Å²) in [5.41, 5.74) is 0.594. The van der Waals surface area contributed by atoms with Gasteiger partial charge in [0.1, 0.15) is 5.56 Å². The van der Waals surface area contributed by atoms with Crippen molar-refractivity contribution < 1.29 is 9.59 Å². The van der Waals surface area contributed by atoms with Crippen LogP contribution in [0.4, 0.5) is 0 Å². The van der Waals surface area contributed by atoms with E-state index in [1.165, 1.54) is 6.07 Å². The summed E-state index contributed by atoms with van der Waals surface area (Å²) >= 11 is 0. The SMILES string of the molecule is CC1(C)CC(=O)c2cc(C(=O)NC3CCNCC3)c(=O)[nH]c2C1.Cl. The number of hydrogen-bond donors (Lipinski definition) is 3. The fraction of sp³-hybridized carbons (Fsp3) is 0.588. The van der Waals surface area contributed by atoms with E-state index >= 15 is 0 Å². The first kappa shape index (κ1) is 18.7. The number of fused-ring (bicyclic) bond motifs is 1. The molecule has 0 spiro atoms. The average Bonchev–Trinajstić information content (AvgIpc) is 2.46. The Bertz CT molecular complexity index is 706. The number of carbonyl (C=O) groups is 2. The number of Topliss-reactive ketones (excluding diaryl/α,β-unsaturated/α-hetero) is 1. The van der Waals surface area contributed by atoms with E-state index in [-0.39, 0.29) is 35.2 Å². The number of carbonyl (C=O) groups excluding carboxylic acids is 2. The second-order valence-electron chi connectivity index (χ2n) is 7.34. The first-order valence-electron chi connectivity index (χ1n) is 8.17. The lowest BCUT2D eigenvalue weighted by Gasteiger charge is -2.30. The molecule has 2 aliphatic rings. The van der Waals surface area contributed by atoms with Crippen LogP contribution >= 0.6 is 12.4 Å². The third-order valence-corrected chi connectivity index (χ3v) is 4.64. The number of ketones is 1. The van der Waals surface area contributed by atoms with Crippen LogP contribution in [0.3, 0.4) is 0 Å². The minimum atomic E-state index is -0.416. The van der Waals surface area contributed by atoms with Gasteiger partial charge in [0.2, 0.25) is 0 Å². The Morgan fingerprint density at radius 1 is 1.21 bits per heavy atom. The van der Waals surface area contributed by atoms with Crippen LogP contribution in [-0.4, -0.2) is 35.8 Å². The van der Waals surface area contributed by atoms with Crippen molar-refractivity contribution in [3.63, 3.8) is 0 Å². The minimum absolute atomic E-state index is 0. The summed E-state index contributed by atoms with van der Waals surface area (Å²) in [6, 6.07) is 1.55. The van der Waals surface area contributed by atoms with E-state index in [1.54, 1.807) is 0 Å². The van der Waals surface area contributed by atoms with Crippen LogP contribution in [-0.2, 0) is 6.42 Å². The lowest BCUT2D eigenvalue weighted by Crippen LogP contribution is -2.44. The maximum atomic E-state index is 12.4. The molecule has 132 valence electrons. The Balaban J connectivity index is 0.00000208. The van der Waals surface area contributed by atoms with Crippen LogP contribution in [0.15, 0.2) is 10.9 Å². The third kappa shape index (κ3) is 3.87. The van der Waals surface area contributed by atoms with Gasteiger partial charge in [0.05, 0.1) is 0 Å². The maximum Gasteiger partial charge on any atom is 0.261 e. The molecule has 3 N–H and O–H groups in total. The van der Waals surface area contributed by atoms with Crippen molar-refractivity contribution in [3.8, 4) is 0 Å². The summed E-state index contributed by atoms with van der Waals surface area (Å²) in [6.45, 7) is 5.73. The van der Waals surface area contributed by atoms with Gasteiger partial charge in [-0.25, -0.2) is 0 Å². The number of piperidine rings is 1. The summed E-state index contributed by atoms with van der Waals surface area (Å²) in [6.07, 6.45) is 2.77. The van der Waals surface area contributed by atoms with Gasteiger partial charge in [-0.15, -0.1) is 12.4 Å². The Kier molecular flexibility index (Phi) is 5.50. The Morgan fingerprint density at radius 3 is 2.54 bits per heavy atom. The van der Waals surface area contributed by atoms with Crippen LogP contribution in [0.25, 0.3) is 0 Å². The zero-order valence-electron chi connectivity index (χ0n) is 14.0. The van der Waals surface area contributed by atoms with Crippen LogP contribution in [0.1, 0.15) is 59.5 Å². The predicted molar refractivity (Wildman–Crippen MR) is 94.1 cm³/mol. The molecule has 7 heteroatoms. The van der Waals surface area contributed by atoms with Crippen molar-refractivity contribution in [1.29, 1.82) is 0 Å². The van der Waals surface area contributed by atoms with Gasteiger partial charge in [0, 0.05) is 23.7 Å². The van der Waals surface area contributed by atoms with Crippen molar-refractivity contribution in [2.75, 3.05) is 13.1 Å². The number of hydrogen-bond acceptors (Lipinski definition) is 4. The number of aromatic amines is 1. The molecule has 1 saturated heterocycles. The zero-order chi connectivity index (χ0) is 16.6. The second-order valence-corrected chi connectivity index (χ2v) is 7.34. The summed E-state index contributed by atoms with van der Waals surface area (Å²) in [5.74, 6) is -0.401. The van der Waals surface area contributed by atoms with Crippen LogP contribution in [0.2, 0.25) is 0 Å². The summed E-state index contributed by atoms with van der Waals surface area (Å²) < 4.78 is 0. The highest BCUT2D eigenvalue weighted by molar-refractivity contribution is 6.02. The molecule has 0 bridgehead atoms. The average molecular weight is 354 g/mol. The first-order valence-corrected chi connectivity index (χ1v) is 8.17. The van der Waals surface area contributed by atoms with Gasteiger partial charge >= 0.3 is 0 Å². The molecule has 0 saturated carbocycles. The minimum Gasteiger partial charge on any atom is -0.349 e. The number of rotatable bonds is 2. The molecule has 1 aromatic heterocycles. The van der Waals surface area contributed by atoms with E-state index in [4.69, 9.17) is 0 Å². The summed E-state index contributed by atoms with van der Waals surface area (Å²) in [5, 5.41) is 6.13. The van der Waals surface area contributed by atoms with Gasteiger partial charge < -0.3 is 15.6 Å². The van der Waals surface area contributed by atoms with E-state index in [9.17, 15) is 14.4 Å². The quantitative estimate of drug-likeness (QED) is 0.750. The number of aromatic nitrogens is 1.